The fourth-order valence-corrected chi connectivity index (χ4v) is 3.00. The number of piperidine rings is 1. The summed E-state index contributed by atoms with van der Waals surface area (Å²) in [7, 11) is 2.94. The monoisotopic (exact) mass is 349 g/mol. The van der Waals surface area contributed by atoms with Crippen LogP contribution in [-0.2, 0) is 11.3 Å². The number of methoxy groups -OCH3 is 2. The summed E-state index contributed by atoms with van der Waals surface area (Å²) in [6.07, 6.45) is -0.481. The highest BCUT2D eigenvalue weighted by atomic mass is 35.5. The number of aliphatic carboxylic acids is 1. The molecule has 1 aliphatic rings. The van der Waals surface area contributed by atoms with E-state index in [0.717, 1.165) is 5.56 Å². The van der Waals surface area contributed by atoms with Crippen molar-refractivity contribution in [1.82, 2.24) is 4.90 Å². The summed E-state index contributed by atoms with van der Waals surface area (Å²) >= 11 is 6.12. The smallest absolute Gasteiger partial charge is 0.313 e. The van der Waals surface area contributed by atoms with E-state index in [0.29, 0.717) is 23.1 Å². The molecule has 1 aromatic rings. The van der Waals surface area contributed by atoms with E-state index in [1.54, 1.807) is 17.0 Å². The Morgan fingerprint density at radius 1 is 1.43 bits per heavy atom. The molecule has 0 saturated carbocycles. The van der Waals surface area contributed by atoms with Crippen LogP contribution >= 0.6 is 11.6 Å². The van der Waals surface area contributed by atoms with Crippen LogP contribution in [0.3, 0.4) is 0 Å². The van der Waals surface area contributed by atoms with Crippen LogP contribution in [0.5, 0.6) is 11.5 Å². The molecule has 0 radical (unpaired) electrons. The first kappa shape index (κ1) is 17.7. The number of halogens is 3. The van der Waals surface area contributed by atoms with E-state index in [2.05, 4.69) is 0 Å². The number of alkyl halides is 2. The lowest BCUT2D eigenvalue weighted by atomic mass is 9.93. The van der Waals surface area contributed by atoms with Crippen LogP contribution in [0.1, 0.15) is 12.0 Å². The summed E-state index contributed by atoms with van der Waals surface area (Å²) in [5, 5.41) is 9.33. The molecule has 1 N–H and O–H groups in total. The molecular formula is C15H18ClF2NO4. The highest BCUT2D eigenvalue weighted by molar-refractivity contribution is 6.32. The van der Waals surface area contributed by atoms with Crippen LogP contribution < -0.4 is 9.47 Å². The van der Waals surface area contributed by atoms with E-state index < -0.39 is 24.2 Å². The fraction of sp³-hybridized carbons (Fsp3) is 0.533. The van der Waals surface area contributed by atoms with Crippen molar-refractivity contribution in [3.8, 4) is 11.5 Å². The fourth-order valence-electron chi connectivity index (χ4n) is 2.69. The molecule has 1 atom stereocenters. The van der Waals surface area contributed by atoms with Gasteiger partial charge in [-0.15, -0.1) is 0 Å². The molecule has 0 aliphatic carbocycles. The maximum atomic E-state index is 13.6. The number of hydrogen-bond acceptors (Lipinski definition) is 4. The average molecular weight is 350 g/mol. The first-order chi connectivity index (χ1) is 10.8. The molecule has 1 heterocycles. The number of carboxylic acid groups (broad SMARTS) is 1. The molecule has 128 valence electrons. The van der Waals surface area contributed by atoms with E-state index in [1.165, 1.54) is 14.2 Å². The molecular weight excluding hydrogens is 332 g/mol. The van der Waals surface area contributed by atoms with E-state index in [1.807, 2.05) is 0 Å². The summed E-state index contributed by atoms with van der Waals surface area (Å²) in [4.78, 5) is 12.7. The zero-order valence-corrected chi connectivity index (χ0v) is 13.6. The normalized spacial score (nSPS) is 21.0. The molecule has 5 nitrogen and oxygen atoms in total. The lowest BCUT2D eigenvalue weighted by Crippen LogP contribution is -2.50. The maximum Gasteiger partial charge on any atom is 0.313 e. The van der Waals surface area contributed by atoms with Gasteiger partial charge in [0.15, 0.2) is 11.5 Å². The molecule has 1 aromatic carbocycles. The van der Waals surface area contributed by atoms with Gasteiger partial charge in [-0.25, -0.2) is 8.78 Å². The predicted octanol–water partition coefficient (Wildman–Crippen LogP) is 2.90. The van der Waals surface area contributed by atoms with Gasteiger partial charge in [0.25, 0.3) is 5.92 Å². The van der Waals surface area contributed by atoms with Gasteiger partial charge in [0.2, 0.25) is 0 Å². The molecule has 1 fully saturated rings. The molecule has 0 bridgehead atoms. The van der Waals surface area contributed by atoms with Gasteiger partial charge >= 0.3 is 5.97 Å². The van der Waals surface area contributed by atoms with Crippen LogP contribution in [-0.4, -0.2) is 49.2 Å². The first-order valence-corrected chi connectivity index (χ1v) is 7.39. The van der Waals surface area contributed by atoms with E-state index in [-0.39, 0.29) is 13.1 Å². The van der Waals surface area contributed by atoms with Gasteiger partial charge in [-0.05, 0) is 17.7 Å². The number of nitrogens with zero attached hydrogens (tertiary/aromatic N) is 1. The predicted molar refractivity (Wildman–Crippen MR) is 80.5 cm³/mol. The van der Waals surface area contributed by atoms with Crippen molar-refractivity contribution >= 4 is 17.6 Å². The van der Waals surface area contributed by atoms with Gasteiger partial charge in [-0.1, -0.05) is 11.6 Å². The summed E-state index contributed by atoms with van der Waals surface area (Å²) in [5.41, 5.74) is 0.738. The Labute approximate surface area is 137 Å². The van der Waals surface area contributed by atoms with Crippen molar-refractivity contribution in [2.45, 2.75) is 18.9 Å². The van der Waals surface area contributed by atoms with Crippen molar-refractivity contribution in [3.05, 3.63) is 22.7 Å². The minimum atomic E-state index is -3.18. The Bertz CT molecular complexity index is 597. The van der Waals surface area contributed by atoms with Gasteiger partial charge in [-0.3, -0.25) is 9.69 Å². The van der Waals surface area contributed by atoms with Crippen LogP contribution in [0.2, 0.25) is 5.02 Å². The zero-order chi connectivity index (χ0) is 17.2. The lowest BCUT2D eigenvalue weighted by molar-refractivity contribution is -0.167. The standard InChI is InChI=1S/C15H18ClF2NO4/c1-22-12-6-9(5-11(16)13(12)23-2)7-19-4-3-15(17,18)10(8-19)14(20)21/h5-6,10H,3-4,7-8H2,1-2H3,(H,20,21). The summed E-state index contributed by atoms with van der Waals surface area (Å²) < 4.78 is 37.6. The number of rotatable bonds is 5. The largest absolute Gasteiger partial charge is 0.493 e. The maximum absolute atomic E-state index is 13.6. The highest BCUT2D eigenvalue weighted by Gasteiger charge is 2.48. The van der Waals surface area contributed by atoms with Gasteiger partial charge < -0.3 is 14.6 Å². The number of hydrogen-bond donors (Lipinski definition) is 1. The highest BCUT2D eigenvalue weighted by Crippen LogP contribution is 2.38. The van der Waals surface area contributed by atoms with Gasteiger partial charge in [0.1, 0.15) is 5.92 Å². The Morgan fingerprint density at radius 2 is 2.13 bits per heavy atom. The van der Waals surface area contributed by atoms with Crippen LogP contribution in [0.15, 0.2) is 12.1 Å². The van der Waals surface area contributed by atoms with E-state index in [9.17, 15) is 13.6 Å². The van der Waals surface area contributed by atoms with Gasteiger partial charge in [0.05, 0.1) is 19.2 Å². The van der Waals surface area contributed by atoms with Crippen molar-refractivity contribution in [1.29, 1.82) is 0 Å². The Kier molecular flexibility index (Phi) is 5.31. The molecule has 0 spiro atoms. The number of ether oxygens (including phenoxy) is 2. The summed E-state index contributed by atoms with van der Waals surface area (Å²) in [6, 6.07) is 3.36. The van der Waals surface area contributed by atoms with Crippen LogP contribution in [0, 0.1) is 5.92 Å². The molecule has 0 amide bonds. The quantitative estimate of drug-likeness (QED) is 0.885. The number of likely N-dealkylation sites (tertiary alicyclic amines) is 1. The lowest BCUT2D eigenvalue weighted by Gasteiger charge is -2.36. The minimum Gasteiger partial charge on any atom is -0.493 e. The summed E-state index contributed by atoms with van der Waals surface area (Å²) in [6.45, 7) is 0.205. The van der Waals surface area contributed by atoms with E-state index in [4.69, 9.17) is 26.2 Å². The molecule has 23 heavy (non-hydrogen) atoms. The third-order valence-electron chi connectivity index (χ3n) is 3.91. The van der Waals surface area contributed by atoms with Crippen LogP contribution in [0.25, 0.3) is 0 Å². The topological polar surface area (TPSA) is 59.0 Å². The second kappa shape index (κ2) is 6.88. The van der Waals surface area contributed by atoms with Crippen molar-refractivity contribution in [3.63, 3.8) is 0 Å². The molecule has 1 aliphatic heterocycles. The Morgan fingerprint density at radius 3 is 2.70 bits per heavy atom. The third-order valence-corrected chi connectivity index (χ3v) is 4.19. The van der Waals surface area contributed by atoms with Crippen LogP contribution in [0.4, 0.5) is 8.78 Å². The molecule has 1 saturated heterocycles. The SMILES string of the molecule is COc1cc(CN2CCC(F)(F)C(C(=O)O)C2)cc(Cl)c1OC. The van der Waals surface area contributed by atoms with Gasteiger partial charge in [-0.2, -0.15) is 0 Å². The molecule has 8 heteroatoms. The Hall–Kier alpha value is -1.60. The molecule has 2 rings (SSSR count). The van der Waals surface area contributed by atoms with E-state index >= 15 is 0 Å². The summed E-state index contributed by atoms with van der Waals surface area (Å²) in [5.74, 6) is -5.53. The second-order valence-electron chi connectivity index (χ2n) is 5.45. The zero-order valence-electron chi connectivity index (χ0n) is 12.8. The van der Waals surface area contributed by atoms with Gasteiger partial charge in [0, 0.05) is 26.1 Å². The van der Waals surface area contributed by atoms with Crippen molar-refractivity contribution in [2.24, 2.45) is 5.92 Å². The molecule has 1 unspecified atom stereocenters. The molecule has 0 aromatic heterocycles. The second-order valence-corrected chi connectivity index (χ2v) is 5.86. The number of carboxylic acids is 1. The minimum absolute atomic E-state index is 0.114. The Balaban J connectivity index is 2.17. The third kappa shape index (κ3) is 3.84. The first-order valence-electron chi connectivity index (χ1n) is 7.02. The number of benzene rings is 1. The van der Waals surface area contributed by atoms with Crippen molar-refractivity contribution < 1.29 is 28.2 Å². The van der Waals surface area contributed by atoms with Crippen molar-refractivity contribution in [2.75, 3.05) is 27.3 Å². The number of carbonyl (C=O) groups is 1. The average Bonchev–Trinajstić information content (AvgIpc) is 2.48.